The highest BCUT2D eigenvalue weighted by molar-refractivity contribution is 5.67. The van der Waals surface area contributed by atoms with Crippen molar-refractivity contribution in [1.82, 2.24) is 4.90 Å². The Kier molecular flexibility index (Phi) is 3.02. The standard InChI is InChI=1S/C11H15N3O/c12-7-9-1-2-11(13-8-9)14-5-3-10(15)4-6-14/h2,8-10,15H,1,3-6H2. The lowest BCUT2D eigenvalue weighted by Gasteiger charge is -2.32. The molecular formula is C11H15N3O. The van der Waals surface area contributed by atoms with Crippen LogP contribution < -0.4 is 0 Å². The molecule has 1 saturated heterocycles. The van der Waals surface area contributed by atoms with E-state index in [2.05, 4.69) is 16.0 Å². The summed E-state index contributed by atoms with van der Waals surface area (Å²) in [4.78, 5) is 6.47. The maximum absolute atomic E-state index is 9.38. The predicted molar refractivity (Wildman–Crippen MR) is 57.1 cm³/mol. The summed E-state index contributed by atoms with van der Waals surface area (Å²) in [5, 5.41) is 18.1. The molecule has 2 rings (SSSR count). The van der Waals surface area contributed by atoms with E-state index >= 15 is 0 Å². The lowest BCUT2D eigenvalue weighted by atomic mass is 10.1. The van der Waals surface area contributed by atoms with Crippen molar-refractivity contribution >= 4 is 6.21 Å². The SMILES string of the molecule is N#CC1C=NC(N2CCC(O)CC2)=CC1. The molecule has 1 fully saturated rings. The Bertz CT molecular complexity index is 321. The van der Waals surface area contributed by atoms with E-state index < -0.39 is 0 Å². The monoisotopic (exact) mass is 205 g/mol. The molecule has 4 nitrogen and oxygen atoms in total. The van der Waals surface area contributed by atoms with Crippen molar-refractivity contribution in [2.24, 2.45) is 10.9 Å². The molecule has 0 spiro atoms. The van der Waals surface area contributed by atoms with Crippen LogP contribution in [0.1, 0.15) is 19.3 Å². The van der Waals surface area contributed by atoms with Gasteiger partial charge in [-0.25, -0.2) is 4.99 Å². The molecule has 0 bridgehead atoms. The van der Waals surface area contributed by atoms with Crippen LogP contribution in [0.2, 0.25) is 0 Å². The first-order valence-electron chi connectivity index (χ1n) is 5.36. The quantitative estimate of drug-likeness (QED) is 0.692. The number of likely N-dealkylation sites (tertiary alicyclic amines) is 1. The summed E-state index contributed by atoms with van der Waals surface area (Å²) in [6.07, 6.45) is 5.98. The third-order valence-corrected chi connectivity index (χ3v) is 2.90. The van der Waals surface area contributed by atoms with Crippen LogP contribution in [0.4, 0.5) is 0 Å². The summed E-state index contributed by atoms with van der Waals surface area (Å²) >= 11 is 0. The van der Waals surface area contributed by atoms with Gasteiger partial charge in [0.25, 0.3) is 0 Å². The second-order valence-corrected chi connectivity index (χ2v) is 4.03. The summed E-state index contributed by atoms with van der Waals surface area (Å²) in [6.45, 7) is 1.73. The van der Waals surface area contributed by atoms with Crippen molar-refractivity contribution in [1.29, 1.82) is 5.26 Å². The second kappa shape index (κ2) is 4.45. The second-order valence-electron chi connectivity index (χ2n) is 4.03. The van der Waals surface area contributed by atoms with E-state index in [9.17, 15) is 5.11 Å². The summed E-state index contributed by atoms with van der Waals surface area (Å²) in [5.74, 6) is 0.900. The van der Waals surface area contributed by atoms with Gasteiger partial charge in [0.15, 0.2) is 0 Å². The van der Waals surface area contributed by atoms with Gasteiger partial charge in [0.2, 0.25) is 0 Å². The third kappa shape index (κ3) is 2.37. The Morgan fingerprint density at radius 2 is 2.20 bits per heavy atom. The number of nitriles is 1. The lowest BCUT2D eigenvalue weighted by Crippen LogP contribution is -2.35. The molecule has 2 heterocycles. The number of hydrogen-bond acceptors (Lipinski definition) is 4. The van der Waals surface area contributed by atoms with Gasteiger partial charge in [-0.05, 0) is 25.3 Å². The molecule has 0 aromatic carbocycles. The van der Waals surface area contributed by atoms with Crippen molar-refractivity contribution in [2.75, 3.05) is 13.1 Å². The van der Waals surface area contributed by atoms with Crippen LogP contribution in [0.25, 0.3) is 0 Å². The normalized spacial score (nSPS) is 27.3. The fraction of sp³-hybridized carbons (Fsp3) is 0.636. The molecular weight excluding hydrogens is 190 g/mol. The molecule has 1 unspecified atom stereocenters. The van der Waals surface area contributed by atoms with Gasteiger partial charge in [-0.3, -0.25) is 0 Å². The molecule has 2 aliphatic heterocycles. The van der Waals surface area contributed by atoms with E-state index in [1.165, 1.54) is 0 Å². The van der Waals surface area contributed by atoms with Gasteiger partial charge >= 0.3 is 0 Å². The van der Waals surface area contributed by atoms with E-state index in [0.29, 0.717) is 0 Å². The highest BCUT2D eigenvalue weighted by Crippen LogP contribution is 2.20. The summed E-state index contributed by atoms with van der Waals surface area (Å²) in [5.41, 5.74) is 0. The average molecular weight is 205 g/mol. The van der Waals surface area contributed by atoms with Crippen LogP contribution in [0.3, 0.4) is 0 Å². The molecule has 15 heavy (non-hydrogen) atoms. The Hall–Kier alpha value is -1.34. The largest absolute Gasteiger partial charge is 0.393 e. The average Bonchev–Trinajstić information content (AvgIpc) is 2.30. The van der Waals surface area contributed by atoms with Gasteiger partial charge in [0, 0.05) is 19.3 Å². The first kappa shape index (κ1) is 10.2. The van der Waals surface area contributed by atoms with E-state index in [1.807, 2.05) is 6.08 Å². The van der Waals surface area contributed by atoms with Crippen LogP contribution in [0.15, 0.2) is 16.9 Å². The highest BCUT2D eigenvalue weighted by atomic mass is 16.3. The topological polar surface area (TPSA) is 59.6 Å². The summed E-state index contributed by atoms with van der Waals surface area (Å²) in [6, 6.07) is 2.18. The molecule has 0 amide bonds. The zero-order valence-electron chi connectivity index (χ0n) is 8.63. The van der Waals surface area contributed by atoms with Gasteiger partial charge in [-0.1, -0.05) is 0 Å². The minimum Gasteiger partial charge on any atom is -0.393 e. The zero-order valence-corrected chi connectivity index (χ0v) is 8.63. The van der Waals surface area contributed by atoms with Crippen molar-refractivity contribution in [2.45, 2.75) is 25.4 Å². The van der Waals surface area contributed by atoms with Gasteiger partial charge in [0.05, 0.1) is 18.1 Å². The molecule has 0 saturated carbocycles. The third-order valence-electron chi connectivity index (χ3n) is 2.90. The van der Waals surface area contributed by atoms with Crippen LogP contribution in [0, 0.1) is 17.2 Å². The van der Waals surface area contributed by atoms with Crippen LogP contribution in [0.5, 0.6) is 0 Å². The minimum atomic E-state index is -0.152. The Morgan fingerprint density at radius 3 is 2.73 bits per heavy atom. The molecule has 0 aromatic heterocycles. The molecule has 80 valence electrons. The number of rotatable bonds is 1. The Morgan fingerprint density at radius 1 is 1.47 bits per heavy atom. The number of aliphatic imine (C=N–C) groups is 1. The first-order chi connectivity index (χ1) is 7.29. The predicted octanol–water partition coefficient (Wildman–Crippen LogP) is 0.899. The molecule has 4 heteroatoms. The molecule has 2 aliphatic rings. The maximum Gasteiger partial charge on any atom is 0.124 e. The van der Waals surface area contributed by atoms with Gasteiger partial charge in [0.1, 0.15) is 5.82 Å². The molecule has 1 atom stereocenters. The molecule has 1 N–H and O–H groups in total. The van der Waals surface area contributed by atoms with Crippen molar-refractivity contribution in [3.05, 3.63) is 11.9 Å². The molecule has 0 aromatic rings. The van der Waals surface area contributed by atoms with E-state index in [1.54, 1.807) is 6.21 Å². The van der Waals surface area contributed by atoms with Crippen LogP contribution in [-0.4, -0.2) is 35.4 Å². The Labute approximate surface area is 89.5 Å². The lowest BCUT2D eigenvalue weighted by molar-refractivity contribution is 0.0964. The first-order valence-corrected chi connectivity index (χ1v) is 5.36. The maximum atomic E-state index is 9.38. The van der Waals surface area contributed by atoms with Crippen molar-refractivity contribution < 1.29 is 5.11 Å². The number of hydrogen-bond donors (Lipinski definition) is 1. The Balaban J connectivity index is 1.94. The van der Waals surface area contributed by atoms with Gasteiger partial charge in [-0.15, -0.1) is 0 Å². The summed E-state index contributed by atoms with van der Waals surface area (Å²) < 4.78 is 0. The molecule has 0 aliphatic carbocycles. The molecule has 0 radical (unpaired) electrons. The summed E-state index contributed by atoms with van der Waals surface area (Å²) in [7, 11) is 0. The van der Waals surface area contributed by atoms with Crippen LogP contribution >= 0.6 is 0 Å². The van der Waals surface area contributed by atoms with Crippen molar-refractivity contribution in [3.8, 4) is 6.07 Å². The van der Waals surface area contributed by atoms with Gasteiger partial charge in [-0.2, -0.15) is 5.26 Å². The number of aliphatic hydroxyl groups excluding tert-OH is 1. The number of aliphatic hydroxyl groups is 1. The zero-order chi connectivity index (χ0) is 10.7. The van der Waals surface area contributed by atoms with E-state index in [4.69, 9.17) is 5.26 Å². The van der Waals surface area contributed by atoms with E-state index in [-0.39, 0.29) is 12.0 Å². The number of nitrogens with zero attached hydrogens (tertiary/aromatic N) is 3. The fourth-order valence-electron chi connectivity index (χ4n) is 1.90. The number of piperidine rings is 1. The minimum absolute atomic E-state index is 0.0656. The van der Waals surface area contributed by atoms with Crippen molar-refractivity contribution in [3.63, 3.8) is 0 Å². The number of allylic oxidation sites excluding steroid dienone is 1. The van der Waals surface area contributed by atoms with E-state index in [0.717, 1.165) is 38.2 Å². The highest BCUT2D eigenvalue weighted by Gasteiger charge is 2.20. The smallest absolute Gasteiger partial charge is 0.124 e. The fourth-order valence-corrected chi connectivity index (χ4v) is 1.90. The van der Waals surface area contributed by atoms with Gasteiger partial charge < -0.3 is 10.0 Å². The van der Waals surface area contributed by atoms with Crippen LogP contribution in [-0.2, 0) is 0 Å².